The van der Waals surface area contributed by atoms with E-state index < -0.39 is 24.2 Å². The van der Waals surface area contributed by atoms with Crippen LogP contribution in [0.15, 0.2) is 73.7 Å². The highest BCUT2D eigenvalue weighted by Gasteiger charge is 2.25. The maximum absolute atomic E-state index is 14.1. The monoisotopic (exact) mass is 529 g/mol. The van der Waals surface area contributed by atoms with Crippen molar-refractivity contribution < 1.29 is 18.7 Å². The zero-order chi connectivity index (χ0) is 28.3. The Morgan fingerprint density at radius 2 is 1.92 bits per heavy atom. The van der Waals surface area contributed by atoms with E-state index in [1.165, 1.54) is 23.2 Å². The number of aromatic nitrogens is 3. The highest BCUT2D eigenvalue weighted by Crippen LogP contribution is 2.35. The van der Waals surface area contributed by atoms with Crippen molar-refractivity contribution in [3.63, 3.8) is 0 Å². The van der Waals surface area contributed by atoms with E-state index in [4.69, 9.17) is 15.5 Å². The lowest BCUT2D eigenvalue weighted by molar-refractivity contribution is -0.155. The lowest BCUT2D eigenvalue weighted by Crippen LogP contribution is -2.38. The average molecular weight is 530 g/mol. The highest BCUT2D eigenvalue weighted by atomic mass is 19.1. The third-order valence-electron chi connectivity index (χ3n) is 6.99. The number of hydrogen-bond donors (Lipinski definition) is 1. The molecular weight excluding hydrogens is 497 g/mol. The fraction of sp³-hybridized carbons (Fsp3) is 0.267. The molecule has 39 heavy (non-hydrogen) atoms. The minimum atomic E-state index is -0.744. The smallest absolute Gasteiger partial charge is 0.325 e. The molecular formula is C30H32FN5O3. The van der Waals surface area contributed by atoms with Crippen LogP contribution in [0.3, 0.4) is 0 Å². The van der Waals surface area contributed by atoms with Crippen molar-refractivity contribution in [2.45, 2.75) is 39.5 Å². The molecule has 8 nitrogen and oxygen atoms in total. The van der Waals surface area contributed by atoms with E-state index in [0.717, 1.165) is 22.9 Å². The number of carbonyl (C=O) groups is 2. The number of fused-ring (bicyclic) bond motifs is 1. The number of nitrogens with zero attached hydrogens (tertiary/aromatic N) is 4. The Morgan fingerprint density at radius 1 is 1.15 bits per heavy atom. The summed E-state index contributed by atoms with van der Waals surface area (Å²) in [6, 6.07) is 11.7. The number of likely N-dealkylation sites (N-methyl/N-ethyl adjacent to an activating group) is 1. The molecule has 3 heterocycles. The van der Waals surface area contributed by atoms with Crippen LogP contribution in [0.25, 0.3) is 33.3 Å². The molecule has 0 saturated carbocycles. The molecule has 1 aromatic carbocycles. The molecule has 0 fully saturated rings. The van der Waals surface area contributed by atoms with Crippen LogP contribution in [0.5, 0.6) is 0 Å². The fourth-order valence-electron chi connectivity index (χ4n) is 4.31. The number of ether oxygens (including phenoxy) is 1. The van der Waals surface area contributed by atoms with Crippen molar-refractivity contribution in [2.75, 3.05) is 11.9 Å². The first-order valence-corrected chi connectivity index (χ1v) is 12.7. The molecule has 0 aliphatic carbocycles. The first-order valence-electron chi connectivity index (χ1n) is 12.7. The van der Waals surface area contributed by atoms with Gasteiger partial charge in [0.1, 0.15) is 11.7 Å². The number of pyridine rings is 2. The molecule has 0 radical (unpaired) electrons. The minimum Gasteiger partial charge on any atom is -0.440 e. The summed E-state index contributed by atoms with van der Waals surface area (Å²) in [5.41, 5.74) is 10.3. The van der Waals surface area contributed by atoms with Gasteiger partial charge in [0.25, 0.3) is 0 Å². The molecule has 0 spiro atoms. The van der Waals surface area contributed by atoms with E-state index in [1.807, 2.05) is 44.2 Å². The zero-order valence-electron chi connectivity index (χ0n) is 22.5. The van der Waals surface area contributed by atoms with Crippen LogP contribution in [-0.2, 0) is 14.3 Å². The Bertz CT molecular complexity index is 1530. The van der Waals surface area contributed by atoms with Gasteiger partial charge in [0, 0.05) is 53.9 Å². The van der Waals surface area contributed by atoms with Gasteiger partial charge in [-0.05, 0) is 54.3 Å². The summed E-state index contributed by atoms with van der Waals surface area (Å²) in [7, 11) is 1.68. The Kier molecular flexibility index (Phi) is 8.21. The van der Waals surface area contributed by atoms with Crippen LogP contribution in [0.2, 0.25) is 0 Å². The van der Waals surface area contributed by atoms with Crippen molar-refractivity contribution in [3.8, 4) is 22.3 Å². The number of carbonyl (C=O) groups excluding carboxylic acids is 2. The first kappa shape index (κ1) is 27.7. The van der Waals surface area contributed by atoms with Crippen molar-refractivity contribution in [3.05, 3.63) is 79.7 Å². The predicted molar refractivity (Wildman–Crippen MR) is 150 cm³/mol. The summed E-state index contributed by atoms with van der Waals surface area (Å²) in [5, 5.41) is 0.730. The number of esters is 1. The van der Waals surface area contributed by atoms with Crippen LogP contribution in [0, 0.1) is 11.9 Å². The predicted octanol–water partition coefficient (Wildman–Crippen LogP) is 5.49. The van der Waals surface area contributed by atoms with Crippen molar-refractivity contribution in [2.24, 2.45) is 11.7 Å². The van der Waals surface area contributed by atoms with E-state index in [-0.39, 0.29) is 11.8 Å². The fourth-order valence-corrected chi connectivity index (χ4v) is 4.31. The molecule has 9 heteroatoms. The number of amides is 1. The summed E-state index contributed by atoms with van der Waals surface area (Å²) < 4.78 is 21.5. The van der Waals surface area contributed by atoms with Crippen molar-refractivity contribution in [1.29, 1.82) is 0 Å². The van der Waals surface area contributed by atoms with E-state index in [1.54, 1.807) is 37.0 Å². The van der Waals surface area contributed by atoms with Crippen molar-refractivity contribution in [1.82, 2.24) is 14.5 Å². The molecule has 4 rings (SSSR count). The van der Waals surface area contributed by atoms with E-state index >= 15 is 0 Å². The Hall–Kier alpha value is -4.37. The molecule has 0 aliphatic heterocycles. The molecule has 2 unspecified atom stereocenters. The normalized spacial score (nSPS) is 13.5. The summed E-state index contributed by atoms with van der Waals surface area (Å²) in [4.78, 5) is 34.7. The van der Waals surface area contributed by atoms with Gasteiger partial charge < -0.3 is 15.4 Å². The average Bonchev–Trinajstić information content (AvgIpc) is 3.34. The Labute approximate surface area is 226 Å². The molecule has 1 amide bonds. The second kappa shape index (κ2) is 11.6. The van der Waals surface area contributed by atoms with E-state index in [0.29, 0.717) is 22.5 Å². The van der Waals surface area contributed by atoms with Crippen LogP contribution in [0.4, 0.5) is 10.1 Å². The SMILES string of the molecule is C=CC(=O)N(C)c1cccc(-c2cnc3c(c2)c(-c2ccnc(F)c2)cn3[C@H](C)OC(=O)C(N)C(C)CC)c1. The number of halogens is 1. The number of nitrogens with two attached hydrogens (primary N) is 1. The molecule has 0 aliphatic rings. The number of rotatable bonds is 9. The van der Waals surface area contributed by atoms with E-state index in [9.17, 15) is 14.0 Å². The quantitative estimate of drug-likeness (QED) is 0.175. The van der Waals surface area contributed by atoms with Crippen molar-refractivity contribution >= 4 is 28.6 Å². The van der Waals surface area contributed by atoms with Crippen LogP contribution >= 0.6 is 0 Å². The summed E-state index contributed by atoms with van der Waals surface area (Å²) in [5.74, 6) is -1.36. The van der Waals surface area contributed by atoms with Crippen LogP contribution in [-0.4, -0.2) is 39.5 Å². The summed E-state index contributed by atoms with van der Waals surface area (Å²) in [6.07, 6.45) is 6.19. The second-order valence-electron chi connectivity index (χ2n) is 9.51. The lowest BCUT2D eigenvalue weighted by Gasteiger charge is -2.21. The highest BCUT2D eigenvalue weighted by molar-refractivity contribution is 6.01. The molecule has 0 saturated heterocycles. The zero-order valence-corrected chi connectivity index (χ0v) is 22.5. The maximum atomic E-state index is 14.1. The molecule has 2 N–H and O–H groups in total. The van der Waals surface area contributed by atoms with Crippen LogP contribution in [0.1, 0.15) is 33.4 Å². The van der Waals surface area contributed by atoms with Gasteiger partial charge in [0.15, 0.2) is 6.23 Å². The van der Waals surface area contributed by atoms with Gasteiger partial charge in [-0.3, -0.25) is 14.2 Å². The van der Waals surface area contributed by atoms with E-state index in [2.05, 4.69) is 11.6 Å². The standard InChI is InChI=1S/C30H32FN5O3/c1-6-18(3)28(32)30(38)39-19(4)36-17-25(21-11-12-33-26(31)15-21)24-14-22(16-34-29(24)36)20-9-8-10-23(13-20)35(5)27(37)7-2/h7-19,28H,2,6,32H2,1,3-5H3/t18?,19-,28?/m0/s1. The maximum Gasteiger partial charge on any atom is 0.325 e. The third kappa shape index (κ3) is 5.73. The number of anilines is 1. The Morgan fingerprint density at radius 3 is 2.62 bits per heavy atom. The largest absolute Gasteiger partial charge is 0.440 e. The summed E-state index contributed by atoms with van der Waals surface area (Å²) >= 11 is 0. The van der Waals surface area contributed by atoms with Gasteiger partial charge >= 0.3 is 5.97 Å². The molecule has 202 valence electrons. The van der Waals surface area contributed by atoms with Gasteiger partial charge in [-0.25, -0.2) is 9.97 Å². The topological polar surface area (TPSA) is 103 Å². The first-order chi connectivity index (χ1) is 18.6. The van der Waals surface area contributed by atoms with Crippen LogP contribution < -0.4 is 10.6 Å². The Balaban J connectivity index is 1.80. The molecule has 3 aromatic heterocycles. The number of benzene rings is 1. The van der Waals surface area contributed by atoms with Gasteiger partial charge in [-0.2, -0.15) is 4.39 Å². The second-order valence-corrected chi connectivity index (χ2v) is 9.51. The molecule has 0 bridgehead atoms. The van der Waals surface area contributed by atoms with Gasteiger partial charge in [-0.1, -0.05) is 39.0 Å². The minimum absolute atomic E-state index is 0.0290. The van der Waals surface area contributed by atoms with Gasteiger partial charge in [-0.15, -0.1) is 0 Å². The number of hydrogen-bond acceptors (Lipinski definition) is 6. The lowest BCUT2D eigenvalue weighted by atomic mass is 10.0. The summed E-state index contributed by atoms with van der Waals surface area (Å²) in [6.45, 7) is 9.16. The van der Waals surface area contributed by atoms with Gasteiger partial charge in [0.05, 0.1) is 0 Å². The molecule has 4 aromatic rings. The molecule has 3 atom stereocenters. The third-order valence-corrected chi connectivity index (χ3v) is 6.99. The van der Waals surface area contributed by atoms with Gasteiger partial charge in [0.2, 0.25) is 11.9 Å².